The largest absolute Gasteiger partial charge is 0.245 e. The summed E-state index contributed by atoms with van der Waals surface area (Å²) in [6.07, 6.45) is 7.64. The Balaban J connectivity index is 0.998. The zero-order chi connectivity index (χ0) is 51.7. The van der Waals surface area contributed by atoms with E-state index in [1.165, 1.54) is 0 Å². The maximum absolute atomic E-state index is 5.40. The SMILES string of the molecule is C=C/C=C\C(=C/C)c1nc(-c2cccc(-c3cccc(-c4nc(-c5ccccc5)nc5c4ccc4c(-c6ccccc6)cc(-c6ccccc6)nc45)n3)n2)c2ccc3c(-c4ccccc4)cc(-c4ccccc4)nc3c2n1. The molecule has 0 spiro atoms. The lowest BCUT2D eigenvalue weighted by molar-refractivity contribution is 1.15. The topological polar surface area (TPSA) is 103 Å². The molecule has 13 rings (SSSR count). The number of aromatic nitrogens is 8. The molecule has 0 saturated heterocycles. The Morgan fingerprint density at radius 2 is 0.740 bits per heavy atom. The van der Waals surface area contributed by atoms with Crippen molar-refractivity contribution < 1.29 is 0 Å². The van der Waals surface area contributed by atoms with Crippen LogP contribution >= 0.6 is 0 Å². The summed E-state index contributed by atoms with van der Waals surface area (Å²) in [5.41, 5.74) is 16.8. The minimum Gasteiger partial charge on any atom is -0.245 e. The van der Waals surface area contributed by atoms with E-state index in [1.54, 1.807) is 6.08 Å². The van der Waals surface area contributed by atoms with E-state index in [0.29, 0.717) is 45.8 Å². The molecule has 8 heteroatoms. The molecule has 362 valence electrons. The molecular formula is C69H46N8. The Morgan fingerprint density at radius 1 is 0.338 bits per heavy atom. The van der Waals surface area contributed by atoms with Crippen LogP contribution < -0.4 is 0 Å². The molecule has 0 aliphatic heterocycles. The number of fused-ring (bicyclic) bond motifs is 6. The maximum Gasteiger partial charge on any atom is 0.160 e. The smallest absolute Gasteiger partial charge is 0.160 e. The number of hydrogen-bond acceptors (Lipinski definition) is 8. The van der Waals surface area contributed by atoms with E-state index in [0.717, 1.165) is 99.5 Å². The third kappa shape index (κ3) is 8.79. The van der Waals surface area contributed by atoms with Crippen LogP contribution in [0.5, 0.6) is 0 Å². The van der Waals surface area contributed by atoms with Gasteiger partial charge in [0, 0.05) is 43.8 Å². The van der Waals surface area contributed by atoms with Crippen LogP contribution in [0.3, 0.4) is 0 Å². The Hall–Kier alpha value is -10.4. The van der Waals surface area contributed by atoms with Crippen LogP contribution in [-0.4, -0.2) is 39.9 Å². The quantitative estimate of drug-likeness (QED) is 0.0932. The summed E-state index contributed by atoms with van der Waals surface area (Å²) in [7, 11) is 0. The van der Waals surface area contributed by atoms with Gasteiger partial charge in [0.25, 0.3) is 0 Å². The van der Waals surface area contributed by atoms with Gasteiger partial charge in [0.05, 0.1) is 45.2 Å². The second-order valence-corrected chi connectivity index (χ2v) is 18.6. The highest BCUT2D eigenvalue weighted by molar-refractivity contribution is 6.14. The molecule has 8 nitrogen and oxygen atoms in total. The van der Waals surface area contributed by atoms with E-state index in [1.807, 2.05) is 140 Å². The lowest BCUT2D eigenvalue weighted by atomic mass is 9.96. The zero-order valence-electron chi connectivity index (χ0n) is 42.0. The molecule has 7 aromatic carbocycles. The molecule has 0 amide bonds. The third-order valence-corrected chi connectivity index (χ3v) is 13.9. The number of rotatable bonds is 11. The number of nitrogens with zero attached hydrogens (tertiary/aromatic N) is 8. The molecular weight excluding hydrogens is 941 g/mol. The van der Waals surface area contributed by atoms with Gasteiger partial charge in [0.2, 0.25) is 0 Å². The van der Waals surface area contributed by atoms with Crippen molar-refractivity contribution in [2.75, 3.05) is 0 Å². The molecule has 0 atom stereocenters. The van der Waals surface area contributed by atoms with E-state index in [2.05, 4.69) is 116 Å². The van der Waals surface area contributed by atoms with Crippen LogP contribution in [0.15, 0.2) is 255 Å². The van der Waals surface area contributed by atoms with E-state index in [-0.39, 0.29) is 0 Å². The van der Waals surface area contributed by atoms with Gasteiger partial charge < -0.3 is 0 Å². The highest BCUT2D eigenvalue weighted by atomic mass is 14.9. The van der Waals surface area contributed by atoms with Gasteiger partial charge in [-0.25, -0.2) is 39.9 Å². The van der Waals surface area contributed by atoms with Crippen LogP contribution in [0, 0.1) is 0 Å². The van der Waals surface area contributed by atoms with Crippen LogP contribution in [0.2, 0.25) is 0 Å². The monoisotopic (exact) mass is 986 g/mol. The summed E-state index contributed by atoms with van der Waals surface area (Å²) in [6, 6.07) is 76.4. The minimum atomic E-state index is 0.541. The van der Waals surface area contributed by atoms with E-state index < -0.39 is 0 Å². The predicted molar refractivity (Wildman–Crippen MR) is 315 cm³/mol. The van der Waals surface area contributed by atoms with Gasteiger partial charge in [-0.2, -0.15) is 0 Å². The first-order valence-corrected chi connectivity index (χ1v) is 25.6. The van der Waals surface area contributed by atoms with Gasteiger partial charge in [-0.3, -0.25) is 0 Å². The second-order valence-electron chi connectivity index (χ2n) is 18.6. The molecule has 0 saturated carbocycles. The molecule has 0 fully saturated rings. The molecule has 0 bridgehead atoms. The van der Waals surface area contributed by atoms with Crippen molar-refractivity contribution in [1.82, 2.24) is 39.9 Å². The normalized spacial score (nSPS) is 11.8. The number of benzene rings is 7. The van der Waals surface area contributed by atoms with Crippen molar-refractivity contribution in [1.29, 1.82) is 0 Å². The molecule has 77 heavy (non-hydrogen) atoms. The van der Waals surface area contributed by atoms with Crippen molar-refractivity contribution >= 4 is 49.2 Å². The Morgan fingerprint density at radius 3 is 1.21 bits per heavy atom. The summed E-state index contributed by atoms with van der Waals surface area (Å²) in [5, 5.41) is 3.62. The van der Waals surface area contributed by atoms with Crippen LogP contribution in [-0.2, 0) is 0 Å². The van der Waals surface area contributed by atoms with Crippen LogP contribution in [0.25, 0.3) is 140 Å². The van der Waals surface area contributed by atoms with Gasteiger partial charge in [-0.1, -0.05) is 207 Å². The standard InChI is InChI=1S/C69H46N8/c1-3-5-23-44(4-2)68-74-62(52-40-38-50-54(45-24-11-6-12-25-45)42-60(47-28-15-8-16-29-47)72-64(50)66(52)76-68)58-36-21-34-56(70-58)57-35-22-37-59(71-57)63-53-41-39-51-55(46-26-13-7-14-27-46)43-61(48-30-17-9-18-31-48)73-65(51)67(53)77-69(75-63)49-32-19-10-20-33-49/h3-43H,1H2,2H3/b23-5-,44-4+. The molecule has 0 radical (unpaired) electrons. The van der Waals surface area contributed by atoms with Crippen molar-refractivity contribution in [2.45, 2.75) is 6.92 Å². The van der Waals surface area contributed by atoms with Gasteiger partial charge >= 0.3 is 0 Å². The highest BCUT2D eigenvalue weighted by Gasteiger charge is 2.22. The lowest BCUT2D eigenvalue weighted by Crippen LogP contribution is -2.02. The fraction of sp³-hybridized carbons (Fsp3) is 0.0145. The Labute approximate surface area is 445 Å². The first-order valence-electron chi connectivity index (χ1n) is 25.6. The summed E-state index contributed by atoms with van der Waals surface area (Å²) in [4.78, 5) is 42.8. The minimum absolute atomic E-state index is 0.541. The Kier molecular flexibility index (Phi) is 12.1. The summed E-state index contributed by atoms with van der Waals surface area (Å²) >= 11 is 0. The molecule has 0 N–H and O–H groups in total. The average Bonchev–Trinajstić information content (AvgIpc) is 3.51. The molecule has 13 aromatic rings. The van der Waals surface area contributed by atoms with Crippen molar-refractivity contribution in [3.05, 3.63) is 261 Å². The molecule has 0 aliphatic rings. The average molecular weight is 987 g/mol. The number of hydrogen-bond donors (Lipinski definition) is 0. The van der Waals surface area contributed by atoms with E-state index in [9.17, 15) is 0 Å². The molecule has 0 unspecified atom stereocenters. The van der Waals surface area contributed by atoms with Gasteiger partial charge in [0.15, 0.2) is 11.6 Å². The molecule has 6 aromatic heterocycles. The second kappa shape index (κ2) is 20.1. The van der Waals surface area contributed by atoms with E-state index in [4.69, 9.17) is 39.9 Å². The van der Waals surface area contributed by atoms with Crippen LogP contribution in [0.1, 0.15) is 12.7 Å². The zero-order valence-corrected chi connectivity index (χ0v) is 42.0. The summed E-state index contributed by atoms with van der Waals surface area (Å²) in [5.74, 6) is 1.12. The van der Waals surface area contributed by atoms with Crippen molar-refractivity contribution in [3.8, 4) is 90.3 Å². The lowest BCUT2D eigenvalue weighted by Gasteiger charge is -2.15. The van der Waals surface area contributed by atoms with Crippen molar-refractivity contribution in [2.24, 2.45) is 0 Å². The number of pyridine rings is 4. The fourth-order valence-corrected chi connectivity index (χ4v) is 10.1. The first-order chi connectivity index (χ1) is 38.1. The van der Waals surface area contributed by atoms with Gasteiger partial charge in [-0.15, -0.1) is 0 Å². The fourth-order valence-electron chi connectivity index (χ4n) is 10.1. The van der Waals surface area contributed by atoms with Crippen molar-refractivity contribution in [3.63, 3.8) is 0 Å². The maximum atomic E-state index is 5.40. The summed E-state index contributed by atoms with van der Waals surface area (Å²) in [6.45, 7) is 5.93. The Bertz CT molecular complexity index is 4450. The summed E-state index contributed by atoms with van der Waals surface area (Å²) < 4.78 is 0. The highest BCUT2D eigenvalue weighted by Crippen LogP contribution is 2.41. The van der Waals surface area contributed by atoms with Gasteiger partial charge in [-0.05, 0) is 77.7 Å². The third-order valence-electron chi connectivity index (χ3n) is 13.9. The molecule has 0 aliphatic carbocycles. The first kappa shape index (κ1) is 46.4. The van der Waals surface area contributed by atoms with E-state index >= 15 is 0 Å². The molecule has 6 heterocycles. The predicted octanol–water partition coefficient (Wildman–Crippen LogP) is 16.9. The van der Waals surface area contributed by atoms with Crippen LogP contribution in [0.4, 0.5) is 0 Å². The number of allylic oxidation sites excluding steroid dienone is 5. The van der Waals surface area contributed by atoms with Gasteiger partial charge in [0.1, 0.15) is 22.4 Å².